The first-order chi connectivity index (χ1) is 8.05. The van der Waals surface area contributed by atoms with Gasteiger partial charge in [-0.15, -0.1) is 0 Å². The third-order valence-electron chi connectivity index (χ3n) is 3.51. The highest BCUT2D eigenvalue weighted by Gasteiger charge is 2.45. The molecule has 5 nitrogen and oxygen atoms in total. The van der Waals surface area contributed by atoms with Gasteiger partial charge in [0.1, 0.15) is 5.54 Å². The Balaban J connectivity index is 2.03. The average Bonchev–Trinajstić information content (AvgIpc) is 2.87. The summed E-state index contributed by atoms with van der Waals surface area (Å²) in [6.07, 6.45) is 1.06. The molecule has 2 N–H and O–H groups in total. The van der Waals surface area contributed by atoms with Crippen molar-refractivity contribution < 1.29 is 19.4 Å². The van der Waals surface area contributed by atoms with E-state index in [9.17, 15) is 14.7 Å². The number of hydrogen-bond donors (Lipinski definition) is 2. The molecule has 0 aromatic carbocycles. The van der Waals surface area contributed by atoms with E-state index in [1.807, 2.05) is 6.92 Å². The fraction of sp³-hybridized carbons (Fsp3) is 0.818. The first kappa shape index (κ1) is 12.7. The van der Waals surface area contributed by atoms with Gasteiger partial charge in [-0.1, -0.05) is 0 Å². The second-order valence-electron chi connectivity index (χ2n) is 4.65. The Morgan fingerprint density at radius 2 is 2.29 bits per heavy atom. The lowest BCUT2D eigenvalue weighted by molar-refractivity contribution is -0.147. The molecule has 0 bridgehead atoms. The van der Waals surface area contributed by atoms with Crippen molar-refractivity contribution in [3.63, 3.8) is 0 Å². The Labute approximate surface area is 104 Å². The summed E-state index contributed by atoms with van der Waals surface area (Å²) in [4.78, 5) is 23.4. The largest absolute Gasteiger partial charge is 0.479 e. The molecule has 2 fully saturated rings. The third-order valence-corrected chi connectivity index (χ3v) is 4.70. The van der Waals surface area contributed by atoms with Crippen LogP contribution in [0.25, 0.3) is 0 Å². The van der Waals surface area contributed by atoms with Crippen LogP contribution in [0.15, 0.2) is 0 Å². The topological polar surface area (TPSA) is 75.6 Å². The van der Waals surface area contributed by atoms with Gasteiger partial charge in [0.25, 0.3) is 0 Å². The number of carbonyl (C=O) groups is 2. The van der Waals surface area contributed by atoms with Crippen LogP contribution in [0.2, 0.25) is 0 Å². The van der Waals surface area contributed by atoms with Crippen LogP contribution in [0, 0.1) is 5.92 Å². The van der Waals surface area contributed by atoms with E-state index in [1.54, 1.807) is 11.8 Å². The minimum Gasteiger partial charge on any atom is -0.479 e. The van der Waals surface area contributed by atoms with Gasteiger partial charge in [0.2, 0.25) is 5.91 Å². The number of amides is 1. The molecule has 2 aliphatic rings. The first-order valence-electron chi connectivity index (χ1n) is 5.80. The van der Waals surface area contributed by atoms with Crippen molar-refractivity contribution in [3.8, 4) is 0 Å². The van der Waals surface area contributed by atoms with Gasteiger partial charge in [0.15, 0.2) is 0 Å². The van der Waals surface area contributed by atoms with Crippen LogP contribution < -0.4 is 5.32 Å². The van der Waals surface area contributed by atoms with Gasteiger partial charge in [-0.2, -0.15) is 11.8 Å². The molecule has 6 heteroatoms. The van der Waals surface area contributed by atoms with Gasteiger partial charge >= 0.3 is 5.97 Å². The van der Waals surface area contributed by atoms with E-state index < -0.39 is 11.5 Å². The van der Waals surface area contributed by atoms with Crippen LogP contribution in [-0.4, -0.2) is 46.7 Å². The number of carboxylic acids is 1. The van der Waals surface area contributed by atoms with Gasteiger partial charge in [-0.05, 0) is 25.5 Å². The number of hydrogen-bond acceptors (Lipinski definition) is 4. The molecule has 3 unspecified atom stereocenters. The molecule has 96 valence electrons. The maximum absolute atomic E-state index is 12.1. The van der Waals surface area contributed by atoms with Crippen LogP contribution in [-0.2, 0) is 14.3 Å². The monoisotopic (exact) mass is 259 g/mol. The number of nitrogens with one attached hydrogen (secondary N) is 1. The SMILES string of the molecule is CC1OCCC1C(=O)NC1(C(=O)O)CCSC1. The Bertz CT molecular complexity index is 327. The molecular weight excluding hydrogens is 242 g/mol. The molecule has 0 radical (unpaired) electrons. The van der Waals surface area contributed by atoms with Crippen molar-refractivity contribution in [3.05, 3.63) is 0 Å². The van der Waals surface area contributed by atoms with Gasteiger partial charge < -0.3 is 15.2 Å². The Kier molecular flexibility index (Phi) is 3.63. The number of ether oxygens (including phenoxy) is 1. The van der Waals surface area contributed by atoms with Crippen molar-refractivity contribution in [2.45, 2.75) is 31.4 Å². The van der Waals surface area contributed by atoms with E-state index in [1.165, 1.54) is 0 Å². The molecule has 0 saturated carbocycles. The second-order valence-corrected chi connectivity index (χ2v) is 5.76. The average molecular weight is 259 g/mol. The highest BCUT2D eigenvalue weighted by molar-refractivity contribution is 7.99. The van der Waals surface area contributed by atoms with E-state index in [4.69, 9.17) is 4.74 Å². The van der Waals surface area contributed by atoms with Gasteiger partial charge in [0, 0.05) is 12.4 Å². The smallest absolute Gasteiger partial charge is 0.330 e. The van der Waals surface area contributed by atoms with E-state index in [0.29, 0.717) is 25.2 Å². The summed E-state index contributed by atoms with van der Waals surface area (Å²) in [5.74, 6) is -0.0848. The van der Waals surface area contributed by atoms with E-state index in [2.05, 4.69) is 5.32 Å². The van der Waals surface area contributed by atoms with Crippen molar-refractivity contribution >= 4 is 23.6 Å². The zero-order valence-electron chi connectivity index (χ0n) is 9.77. The lowest BCUT2D eigenvalue weighted by Gasteiger charge is -2.27. The highest BCUT2D eigenvalue weighted by atomic mass is 32.2. The van der Waals surface area contributed by atoms with E-state index in [-0.39, 0.29) is 17.9 Å². The first-order valence-corrected chi connectivity index (χ1v) is 6.95. The normalized spacial score (nSPS) is 37.0. The molecule has 2 heterocycles. The van der Waals surface area contributed by atoms with E-state index in [0.717, 1.165) is 5.75 Å². The molecule has 17 heavy (non-hydrogen) atoms. The Hall–Kier alpha value is -0.750. The van der Waals surface area contributed by atoms with Gasteiger partial charge in [-0.3, -0.25) is 4.79 Å². The summed E-state index contributed by atoms with van der Waals surface area (Å²) in [5.41, 5.74) is -1.07. The lowest BCUT2D eigenvalue weighted by atomic mass is 9.95. The number of rotatable bonds is 3. The zero-order chi connectivity index (χ0) is 12.5. The summed E-state index contributed by atoms with van der Waals surface area (Å²) in [5, 5.41) is 12.0. The zero-order valence-corrected chi connectivity index (χ0v) is 10.6. The summed E-state index contributed by atoms with van der Waals surface area (Å²) in [7, 11) is 0. The van der Waals surface area contributed by atoms with Crippen molar-refractivity contribution in [1.82, 2.24) is 5.32 Å². The molecule has 0 aliphatic carbocycles. The second kappa shape index (κ2) is 4.86. The third kappa shape index (κ3) is 2.42. The molecule has 2 rings (SSSR count). The minimum absolute atomic E-state index is 0.116. The molecule has 0 spiro atoms. The van der Waals surface area contributed by atoms with Crippen molar-refractivity contribution in [2.24, 2.45) is 5.92 Å². The number of aliphatic carboxylic acids is 1. The summed E-state index contributed by atoms with van der Waals surface area (Å²) >= 11 is 1.57. The number of carboxylic acid groups (broad SMARTS) is 1. The van der Waals surface area contributed by atoms with Crippen molar-refractivity contribution in [1.29, 1.82) is 0 Å². The summed E-state index contributed by atoms with van der Waals surface area (Å²) in [6.45, 7) is 2.43. The molecule has 0 aromatic heterocycles. The molecule has 3 atom stereocenters. The van der Waals surface area contributed by atoms with Crippen LogP contribution in [0.4, 0.5) is 0 Å². The molecular formula is C11H17NO4S. The lowest BCUT2D eigenvalue weighted by Crippen LogP contribution is -2.56. The number of carbonyl (C=O) groups excluding carboxylic acids is 1. The molecule has 1 amide bonds. The van der Waals surface area contributed by atoms with Crippen LogP contribution in [0.1, 0.15) is 19.8 Å². The summed E-state index contributed by atoms with van der Waals surface area (Å²) < 4.78 is 5.33. The maximum atomic E-state index is 12.1. The standard InChI is InChI=1S/C11H17NO4S/c1-7-8(2-4-16-7)9(13)12-11(10(14)15)3-5-17-6-11/h7-8H,2-6H2,1H3,(H,12,13)(H,14,15). The predicted molar refractivity (Wildman–Crippen MR) is 64.0 cm³/mol. The molecule has 2 saturated heterocycles. The summed E-state index contributed by atoms with van der Waals surface area (Å²) in [6, 6.07) is 0. The Morgan fingerprint density at radius 3 is 2.76 bits per heavy atom. The van der Waals surface area contributed by atoms with Crippen molar-refractivity contribution in [2.75, 3.05) is 18.1 Å². The fourth-order valence-electron chi connectivity index (χ4n) is 2.29. The molecule has 0 aromatic rings. The van der Waals surface area contributed by atoms with Crippen LogP contribution >= 0.6 is 11.8 Å². The van der Waals surface area contributed by atoms with Crippen LogP contribution in [0.5, 0.6) is 0 Å². The fourth-order valence-corrected chi connectivity index (χ4v) is 3.62. The maximum Gasteiger partial charge on any atom is 0.330 e. The number of thioether (sulfide) groups is 1. The van der Waals surface area contributed by atoms with Crippen LogP contribution in [0.3, 0.4) is 0 Å². The Morgan fingerprint density at radius 1 is 1.53 bits per heavy atom. The molecule has 2 aliphatic heterocycles. The highest BCUT2D eigenvalue weighted by Crippen LogP contribution is 2.30. The van der Waals surface area contributed by atoms with E-state index >= 15 is 0 Å². The quantitative estimate of drug-likeness (QED) is 0.771. The predicted octanol–water partition coefficient (Wildman–Crippen LogP) is 0.488. The minimum atomic E-state index is -1.07. The van der Waals surface area contributed by atoms with Gasteiger partial charge in [0.05, 0.1) is 12.0 Å². The van der Waals surface area contributed by atoms with Gasteiger partial charge in [-0.25, -0.2) is 4.79 Å².